The van der Waals surface area contributed by atoms with Gasteiger partial charge in [0.05, 0.1) is 0 Å². The molecule has 3 aromatic rings. The van der Waals surface area contributed by atoms with Gasteiger partial charge >= 0.3 is 41.3 Å². The minimum atomic E-state index is 0. The van der Waals surface area contributed by atoms with Gasteiger partial charge in [-0.1, -0.05) is 0 Å². The molecule has 0 spiro atoms. The summed E-state index contributed by atoms with van der Waals surface area (Å²) >= 11 is 0. The smallest absolute Gasteiger partial charge is 0.214 e. The zero-order valence-electron chi connectivity index (χ0n) is 9.24. The van der Waals surface area contributed by atoms with E-state index in [0.717, 1.165) is 0 Å². The van der Waals surface area contributed by atoms with Gasteiger partial charge in [-0.25, -0.2) is 36.4 Å². The Hall–Kier alpha value is -0.586. The van der Waals surface area contributed by atoms with E-state index in [1.807, 2.05) is 91.0 Å². The van der Waals surface area contributed by atoms with E-state index in [2.05, 4.69) is 0 Å². The Morgan fingerprint density at radius 1 is 0.375 bits per heavy atom. The summed E-state index contributed by atoms with van der Waals surface area (Å²) in [5.41, 5.74) is 0. The van der Waals surface area contributed by atoms with E-state index < -0.39 is 0 Å². The molecule has 78 valence electrons. The molecule has 0 aromatic heterocycles. The van der Waals surface area contributed by atoms with Gasteiger partial charge in [-0.15, -0.1) is 0 Å². The van der Waals surface area contributed by atoms with Crippen molar-refractivity contribution in [2.75, 3.05) is 0 Å². The van der Waals surface area contributed by atoms with E-state index in [9.17, 15) is 0 Å². The fraction of sp³-hybridized carbons (Fsp3) is 0. The zero-order chi connectivity index (χ0) is 10.6. The second kappa shape index (κ2) is 12.5. The van der Waals surface area contributed by atoms with Gasteiger partial charge in [-0.2, -0.15) is 54.6 Å². The third kappa shape index (κ3) is 9.95. The molecule has 0 aliphatic heterocycles. The molecule has 3 rings (SSSR count). The van der Waals surface area contributed by atoms with Crippen LogP contribution in [0.1, 0.15) is 0 Å². The molecule has 0 saturated carbocycles. The van der Waals surface area contributed by atoms with Crippen LogP contribution in [0.3, 0.4) is 0 Å². The van der Waals surface area contributed by atoms with Crippen molar-refractivity contribution >= 4 is 0 Å². The largest absolute Gasteiger partial charge is 3.00 e. The van der Waals surface area contributed by atoms with Crippen LogP contribution in [-0.4, -0.2) is 0 Å². The minimum Gasteiger partial charge on any atom is -0.214 e. The Morgan fingerprint density at radius 2 is 0.562 bits per heavy atom. The molecule has 0 bridgehead atoms. The van der Waals surface area contributed by atoms with Gasteiger partial charge in [0, 0.05) is 0 Å². The molecule has 0 atom stereocenters. The van der Waals surface area contributed by atoms with Crippen molar-refractivity contribution in [2.24, 2.45) is 0 Å². The van der Waals surface area contributed by atoms with Gasteiger partial charge in [0.1, 0.15) is 0 Å². The van der Waals surface area contributed by atoms with Crippen LogP contribution in [-0.2, 0) is 0 Å². The average molecular weight is 336 g/mol. The number of hydrogen-bond donors (Lipinski definition) is 0. The van der Waals surface area contributed by atoms with Crippen molar-refractivity contribution in [1.29, 1.82) is 0 Å². The summed E-state index contributed by atoms with van der Waals surface area (Å²) in [6.07, 6.45) is 0. The van der Waals surface area contributed by atoms with E-state index in [0.29, 0.717) is 0 Å². The van der Waals surface area contributed by atoms with Crippen LogP contribution in [0.2, 0.25) is 0 Å². The molecule has 0 nitrogen and oxygen atoms in total. The van der Waals surface area contributed by atoms with Crippen molar-refractivity contribution in [1.82, 2.24) is 0 Å². The summed E-state index contributed by atoms with van der Waals surface area (Å²) in [5.74, 6) is 0. The molecule has 0 aliphatic carbocycles. The Bertz CT molecular complexity index is 237. The molecule has 0 amide bonds. The maximum absolute atomic E-state index is 2.00. The maximum Gasteiger partial charge on any atom is 3.00 e. The Kier molecular flexibility index (Phi) is 12.0. The molecule has 16 heavy (non-hydrogen) atoms. The zero-order valence-corrected chi connectivity index (χ0v) is 12.9. The van der Waals surface area contributed by atoms with Crippen molar-refractivity contribution < 1.29 is 41.3 Å². The van der Waals surface area contributed by atoms with E-state index in [4.69, 9.17) is 0 Å². The fourth-order valence-corrected chi connectivity index (χ4v) is 0.962. The predicted molar refractivity (Wildman–Crippen MR) is 66.1 cm³/mol. The van der Waals surface area contributed by atoms with Gasteiger partial charge in [0.15, 0.2) is 0 Å². The molecule has 0 unspecified atom stereocenters. The summed E-state index contributed by atoms with van der Waals surface area (Å²) in [4.78, 5) is 0. The summed E-state index contributed by atoms with van der Waals surface area (Å²) in [7, 11) is 0. The molecule has 3 aromatic carbocycles. The molecule has 0 N–H and O–H groups in total. The van der Waals surface area contributed by atoms with Crippen LogP contribution in [0.5, 0.6) is 0 Å². The normalized spacial score (nSPS) is 7.50. The first kappa shape index (κ1) is 15.4. The molecule has 1 heteroatoms. The molecule has 0 saturated heterocycles. The van der Waals surface area contributed by atoms with Gasteiger partial charge in [-0.3, -0.25) is 0 Å². The van der Waals surface area contributed by atoms with Crippen LogP contribution >= 0.6 is 0 Å². The van der Waals surface area contributed by atoms with Crippen molar-refractivity contribution in [2.45, 2.75) is 0 Å². The van der Waals surface area contributed by atoms with Gasteiger partial charge in [-0.05, 0) is 0 Å². The van der Waals surface area contributed by atoms with Gasteiger partial charge in [0.2, 0.25) is 0 Å². The monoisotopic (exact) mass is 336 g/mol. The first-order chi connectivity index (χ1) is 7.50. The maximum atomic E-state index is 2.00. The molecule has 0 heterocycles. The Labute approximate surface area is 131 Å². The standard InChI is InChI=1S/3C5H5.Pr/c3*1-2-4-5-3-1;/h3*1-5H;/q3*-1;+3. The predicted octanol–water partition coefficient (Wildman–Crippen LogP) is 4.22. The van der Waals surface area contributed by atoms with Crippen LogP contribution < -0.4 is 0 Å². The molecule has 0 radical (unpaired) electrons. The first-order valence-electron chi connectivity index (χ1n) is 5.00. The second-order valence-corrected chi connectivity index (χ2v) is 2.89. The summed E-state index contributed by atoms with van der Waals surface area (Å²) in [6.45, 7) is 0. The number of hydrogen-bond acceptors (Lipinski definition) is 0. The van der Waals surface area contributed by atoms with E-state index in [1.165, 1.54) is 0 Å². The first-order valence-corrected chi connectivity index (χ1v) is 5.00. The van der Waals surface area contributed by atoms with E-state index in [-0.39, 0.29) is 41.3 Å². The van der Waals surface area contributed by atoms with Crippen LogP contribution in [0.25, 0.3) is 0 Å². The SMILES string of the molecule is [Pr+3].c1cc[cH-]c1.c1cc[cH-]c1.c1cc[cH-]c1. The van der Waals surface area contributed by atoms with Gasteiger partial charge in [0.25, 0.3) is 0 Å². The Balaban J connectivity index is 0.000000205. The summed E-state index contributed by atoms with van der Waals surface area (Å²) < 4.78 is 0. The molecular formula is C15H15Pr. The van der Waals surface area contributed by atoms with E-state index in [1.54, 1.807) is 0 Å². The summed E-state index contributed by atoms with van der Waals surface area (Å²) in [5, 5.41) is 0. The minimum absolute atomic E-state index is 0. The number of rotatable bonds is 0. The second-order valence-electron chi connectivity index (χ2n) is 2.89. The topological polar surface area (TPSA) is 0 Å². The average Bonchev–Trinajstić information content (AvgIpc) is 3.09. The third-order valence-electron chi connectivity index (χ3n) is 1.67. The van der Waals surface area contributed by atoms with Crippen molar-refractivity contribution in [3.05, 3.63) is 91.0 Å². The van der Waals surface area contributed by atoms with Crippen LogP contribution in [0, 0.1) is 41.3 Å². The summed E-state index contributed by atoms with van der Waals surface area (Å²) in [6, 6.07) is 30.0. The fourth-order valence-electron chi connectivity index (χ4n) is 0.962. The molecule has 0 aliphatic rings. The third-order valence-corrected chi connectivity index (χ3v) is 1.67. The van der Waals surface area contributed by atoms with Crippen molar-refractivity contribution in [3.8, 4) is 0 Å². The van der Waals surface area contributed by atoms with Crippen LogP contribution in [0.4, 0.5) is 0 Å². The van der Waals surface area contributed by atoms with E-state index >= 15 is 0 Å². The quantitative estimate of drug-likeness (QED) is 0.540. The van der Waals surface area contributed by atoms with Crippen molar-refractivity contribution in [3.63, 3.8) is 0 Å². The molecule has 0 fully saturated rings. The van der Waals surface area contributed by atoms with Gasteiger partial charge < -0.3 is 0 Å². The Morgan fingerprint density at radius 3 is 0.625 bits per heavy atom. The van der Waals surface area contributed by atoms with Crippen LogP contribution in [0.15, 0.2) is 91.0 Å². The molecular weight excluding hydrogens is 321 g/mol.